The average molecular weight is 328 g/mol. The Morgan fingerprint density at radius 3 is 2.88 bits per heavy atom. The van der Waals surface area contributed by atoms with Gasteiger partial charge in [0.25, 0.3) is 11.8 Å². The molecule has 1 aromatic carbocycles. The first kappa shape index (κ1) is 16.9. The number of amides is 2. The van der Waals surface area contributed by atoms with Gasteiger partial charge in [-0.2, -0.15) is 5.10 Å². The molecule has 8 heteroatoms. The van der Waals surface area contributed by atoms with Crippen molar-refractivity contribution in [1.29, 1.82) is 0 Å². The number of aromatic nitrogens is 1. The lowest BCUT2D eigenvalue weighted by Crippen LogP contribution is -2.34. The number of benzene rings is 1. The Bertz CT molecular complexity index is 747. The molecule has 0 unspecified atom stereocenters. The molecule has 0 spiro atoms. The number of hydrogen-bond acceptors (Lipinski definition) is 6. The van der Waals surface area contributed by atoms with Crippen LogP contribution in [0.25, 0.3) is 0 Å². The van der Waals surface area contributed by atoms with E-state index < -0.39 is 11.8 Å². The lowest BCUT2D eigenvalue weighted by atomic mass is 10.2. The minimum atomic E-state index is -0.508. The number of para-hydroxylation sites is 1. The first-order valence-electron chi connectivity index (χ1n) is 6.98. The van der Waals surface area contributed by atoms with Crippen molar-refractivity contribution >= 4 is 18.0 Å². The maximum Gasteiger partial charge on any atom is 0.259 e. The minimum Gasteiger partial charge on any atom is -0.504 e. The highest BCUT2D eigenvalue weighted by atomic mass is 16.5. The molecule has 0 radical (unpaired) electrons. The zero-order valence-corrected chi connectivity index (χ0v) is 12.9. The highest BCUT2D eigenvalue weighted by molar-refractivity contribution is 5.96. The fourth-order valence-corrected chi connectivity index (χ4v) is 1.78. The maximum absolute atomic E-state index is 11.7. The normalized spacial score (nSPS) is 10.4. The molecule has 0 atom stereocenters. The monoisotopic (exact) mass is 328 g/mol. The number of carbonyl (C=O) groups is 2. The number of ether oxygens (including phenoxy) is 1. The topological polar surface area (TPSA) is 113 Å². The van der Waals surface area contributed by atoms with Crippen LogP contribution in [0.1, 0.15) is 15.9 Å². The summed E-state index contributed by atoms with van der Waals surface area (Å²) in [5, 5.41) is 16.0. The summed E-state index contributed by atoms with van der Waals surface area (Å²) in [4.78, 5) is 27.2. The van der Waals surface area contributed by atoms with Crippen LogP contribution >= 0.6 is 0 Å². The van der Waals surface area contributed by atoms with E-state index in [9.17, 15) is 14.7 Å². The van der Waals surface area contributed by atoms with Crippen LogP contribution in [-0.4, -0.2) is 41.8 Å². The molecule has 8 nitrogen and oxygen atoms in total. The summed E-state index contributed by atoms with van der Waals surface area (Å²) in [5.41, 5.74) is 2.99. The number of phenols is 1. The van der Waals surface area contributed by atoms with Crippen LogP contribution < -0.4 is 15.5 Å². The summed E-state index contributed by atoms with van der Waals surface area (Å²) < 4.78 is 4.97. The van der Waals surface area contributed by atoms with E-state index in [-0.39, 0.29) is 12.3 Å². The van der Waals surface area contributed by atoms with Crippen molar-refractivity contribution in [2.75, 3.05) is 13.7 Å². The number of nitrogens with zero attached hydrogens (tertiary/aromatic N) is 2. The number of hydrogen-bond donors (Lipinski definition) is 3. The summed E-state index contributed by atoms with van der Waals surface area (Å²) in [6.45, 7) is -0.241. The Hall–Kier alpha value is -3.42. The number of rotatable bonds is 6. The van der Waals surface area contributed by atoms with Crippen LogP contribution in [0.3, 0.4) is 0 Å². The van der Waals surface area contributed by atoms with E-state index in [0.717, 1.165) is 0 Å². The quantitative estimate of drug-likeness (QED) is 0.533. The minimum absolute atomic E-state index is 0.0807. The molecule has 2 aromatic rings. The third kappa shape index (κ3) is 4.54. The van der Waals surface area contributed by atoms with Crippen molar-refractivity contribution in [2.24, 2.45) is 5.10 Å². The van der Waals surface area contributed by atoms with Gasteiger partial charge in [0.1, 0.15) is 0 Å². The number of phenolic OH excluding ortho intramolecular Hbond substituents is 1. The van der Waals surface area contributed by atoms with Gasteiger partial charge < -0.3 is 15.2 Å². The van der Waals surface area contributed by atoms with E-state index >= 15 is 0 Å². The molecular weight excluding hydrogens is 312 g/mol. The molecule has 0 fully saturated rings. The number of hydrazone groups is 1. The molecule has 0 bridgehead atoms. The molecule has 0 saturated heterocycles. The third-order valence-electron chi connectivity index (χ3n) is 2.98. The predicted molar refractivity (Wildman–Crippen MR) is 87.0 cm³/mol. The first-order chi connectivity index (χ1) is 11.6. The summed E-state index contributed by atoms with van der Waals surface area (Å²) in [6, 6.07) is 8.09. The molecule has 0 aliphatic rings. The lowest BCUT2D eigenvalue weighted by molar-refractivity contribution is -0.120. The Morgan fingerprint density at radius 2 is 2.17 bits per heavy atom. The van der Waals surface area contributed by atoms with Crippen molar-refractivity contribution in [3.8, 4) is 11.5 Å². The summed E-state index contributed by atoms with van der Waals surface area (Å²) >= 11 is 0. The standard InChI is InChI=1S/C16H16N4O4/c1-24-13-6-2-4-11(15(13)22)9-19-20-14(21)10-18-16(23)12-5-3-7-17-8-12/h2-9,22H,10H2,1H3,(H,18,23)(H,20,21)/b19-9-. The first-order valence-corrected chi connectivity index (χ1v) is 6.98. The largest absolute Gasteiger partial charge is 0.504 e. The van der Waals surface area contributed by atoms with Gasteiger partial charge in [-0.15, -0.1) is 0 Å². The summed E-state index contributed by atoms with van der Waals surface area (Å²) in [7, 11) is 1.43. The molecule has 1 heterocycles. The molecule has 2 rings (SSSR count). The maximum atomic E-state index is 11.7. The van der Waals surface area contributed by atoms with Gasteiger partial charge in [0, 0.05) is 18.0 Å². The fourth-order valence-electron chi connectivity index (χ4n) is 1.78. The smallest absolute Gasteiger partial charge is 0.259 e. The molecular formula is C16H16N4O4. The number of aromatic hydroxyl groups is 1. The number of nitrogens with one attached hydrogen (secondary N) is 2. The summed E-state index contributed by atoms with van der Waals surface area (Å²) in [5.74, 6) is -0.699. The van der Waals surface area contributed by atoms with Crippen LogP contribution in [-0.2, 0) is 4.79 Å². The Labute approximate surface area is 138 Å². The van der Waals surface area contributed by atoms with Gasteiger partial charge in [-0.1, -0.05) is 6.07 Å². The van der Waals surface area contributed by atoms with E-state index in [2.05, 4.69) is 20.8 Å². The van der Waals surface area contributed by atoms with Crippen molar-refractivity contribution in [3.05, 3.63) is 53.9 Å². The molecule has 2 amide bonds. The van der Waals surface area contributed by atoms with E-state index in [1.807, 2.05) is 0 Å². The second kappa shape index (κ2) is 8.28. The third-order valence-corrected chi connectivity index (χ3v) is 2.98. The van der Waals surface area contributed by atoms with Gasteiger partial charge in [-0.3, -0.25) is 14.6 Å². The molecule has 1 aromatic heterocycles. The van der Waals surface area contributed by atoms with Crippen LogP contribution in [0.5, 0.6) is 11.5 Å². The number of carbonyl (C=O) groups excluding carboxylic acids is 2. The highest BCUT2D eigenvalue weighted by Crippen LogP contribution is 2.27. The number of methoxy groups -OCH3 is 1. The Kier molecular flexibility index (Phi) is 5.84. The van der Waals surface area contributed by atoms with E-state index in [4.69, 9.17) is 4.74 Å². The van der Waals surface area contributed by atoms with Crippen molar-refractivity contribution in [2.45, 2.75) is 0 Å². The van der Waals surface area contributed by atoms with E-state index in [1.165, 1.54) is 19.5 Å². The number of pyridine rings is 1. The lowest BCUT2D eigenvalue weighted by Gasteiger charge is -2.05. The SMILES string of the molecule is COc1cccc(/C=N\NC(=O)CNC(=O)c2cccnc2)c1O. The van der Waals surface area contributed by atoms with E-state index in [1.54, 1.807) is 36.5 Å². The Morgan fingerprint density at radius 1 is 1.33 bits per heavy atom. The van der Waals surface area contributed by atoms with Crippen LogP contribution in [0, 0.1) is 0 Å². The highest BCUT2D eigenvalue weighted by Gasteiger charge is 2.08. The molecule has 24 heavy (non-hydrogen) atoms. The fraction of sp³-hybridized carbons (Fsp3) is 0.125. The predicted octanol–water partition coefficient (Wildman–Crippen LogP) is 0.676. The van der Waals surface area contributed by atoms with E-state index in [0.29, 0.717) is 16.9 Å². The van der Waals surface area contributed by atoms with Gasteiger partial charge in [0.15, 0.2) is 11.5 Å². The van der Waals surface area contributed by atoms with Crippen molar-refractivity contribution in [1.82, 2.24) is 15.7 Å². The molecule has 0 aliphatic carbocycles. The molecule has 0 aliphatic heterocycles. The zero-order chi connectivity index (χ0) is 17.4. The van der Waals surface area contributed by atoms with Gasteiger partial charge in [-0.25, -0.2) is 5.43 Å². The van der Waals surface area contributed by atoms with Crippen LogP contribution in [0.4, 0.5) is 0 Å². The molecule has 124 valence electrons. The van der Waals surface area contributed by atoms with Gasteiger partial charge in [0.2, 0.25) is 0 Å². The second-order valence-electron chi connectivity index (χ2n) is 4.62. The van der Waals surface area contributed by atoms with Gasteiger partial charge >= 0.3 is 0 Å². The van der Waals surface area contributed by atoms with Crippen LogP contribution in [0.15, 0.2) is 47.8 Å². The van der Waals surface area contributed by atoms with Crippen molar-refractivity contribution in [3.63, 3.8) is 0 Å². The molecule has 0 saturated carbocycles. The average Bonchev–Trinajstić information content (AvgIpc) is 2.62. The zero-order valence-electron chi connectivity index (χ0n) is 12.9. The Balaban J connectivity index is 1.84. The van der Waals surface area contributed by atoms with Gasteiger partial charge in [-0.05, 0) is 24.3 Å². The molecule has 3 N–H and O–H groups in total. The van der Waals surface area contributed by atoms with Crippen LogP contribution in [0.2, 0.25) is 0 Å². The van der Waals surface area contributed by atoms with Gasteiger partial charge in [0.05, 0.1) is 25.4 Å². The summed E-state index contributed by atoms with van der Waals surface area (Å²) in [6.07, 6.45) is 4.22. The second-order valence-corrected chi connectivity index (χ2v) is 4.62. The van der Waals surface area contributed by atoms with Crippen molar-refractivity contribution < 1.29 is 19.4 Å².